The standard InChI is InChI=1S/C25H23FN2O3/c26-21-9-4-8-20(14-21)17-28(16-19-6-2-1-3-7-19)18-23-11-12-24(31-23)25(29)27-15-22-10-5-13-30-22/h1-14H,15-18H2,(H,27,29). The fraction of sp³-hybridized carbons (Fsp3) is 0.160. The van der Waals surface area contributed by atoms with Gasteiger partial charge >= 0.3 is 0 Å². The van der Waals surface area contributed by atoms with E-state index in [-0.39, 0.29) is 17.5 Å². The molecular weight excluding hydrogens is 395 g/mol. The number of benzene rings is 2. The minimum atomic E-state index is -0.303. The molecule has 0 aliphatic heterocycles. The van der Waals surface area contributed by atoms with Crippen molar-refractivity contribution in [2.45, 2.75) is 26.2 Å². The Bertz CT molecular complexity index is 1110. The number of furan rings is 2. The summed E-state index contributed by atoms with van der Waals surface area (Å²) >= 11 is 0. The molecule has 0 saturated heterocycles. The van der Waals surface area contributed by atoms with E-state index in [4.69, 9.17) is 8.83 Å². The SMILES string of the molecule is O=C(NCc1ccco1)c1ccc(CN(Cc2ccccc2)Cc2cccc(F)c2)o1. The van der Waals surface area contributed by atoms with Crippen LogP contribution in [0.25, 0.3) is 0 Å². The maximum atomic E-state index is 13.6. The number of carbonyl (C=O) groups excluding carboxylic acids is 1. The summed E-state index contributed by atoms with van der Waals surface area (Å²) in [5.41, 5.74) is 2.01. The van der Waals surface area contributed by atoms with Crippen LogP contribution in [-0.2, 0) is 26.2 Å². The molecule has 0 radical (unpaired) electrons. The van der Waals surface area contributed by atoms with Gasteiger partial charge in [-0.05, 0) is 47.5 Å². The molecule has 158 valence electrons. The number of hydrogen-bond acceptors (Lipinski definition) is 4. The Kier molecular flexibility index (Phi) is 6.59. The van der Waals surface area contributed by atoms with Crippen LogP contribution in [0, 0.1) is 5.82 Å². The smallest absolute Gasteiger partial charge is 0.287 e. The number of carbonyl (C=O) groups is 1. The van der Waals surface area contributed by atoms with Gasteiger partial charge in [-0.15, -0.1) is 0 Å². The van der Waals surface area contributed by atoms with Crippen LogP contribution >= 0.6 is 0 Å². The van der Waals surface area contributed by atoms with Crippen LogP contribution in [0.1, 0.15) is 33.2 Å². The van der Waals surface area contributed by atoms with E-state index in [0.717, 1.165) is 11.1 Å². The zero-order valence-electron chi connectivity index (χ0n) is 17.0. The molecule has 1 N–H and O–H groups in total. The monoisotopic (exact) mass is 418 g/mol. The molecule has 0 unspecified atom stereocenters. The van der Waals surface area contributed by atoms with Crippen molar-refractivity contribution in [1.82, 2.24) is 10.2 Å². The lowest BCUT2D eigenvalue weighted by Gasteiger charge is -2.21. The number of nitrogens with zero attached hydrogens (tertiary/aromatic N) is 1. The van der Waals surface area contributed by atoms with E-state index >= 15 is 0 Å². The van der Waals surface area contributed by atoms with Crippen molar-refractivity contribution in [2.75, 3.05) is 0 Å². The average molecular weight is 418 g/mol. The first kappa shape index (κ1) is 20.6. The van der Waals surface area contributed by atoms with E-state index in [2.05, 4.69) is 10.2 Å². The summed E-state index contributed by atoms with van der Waals surface area (Å²) in [6.45, 7) is 1.99. The van der Waals surface area contributed by atoms with Gasteiger partial charge in [0.1, 0.15) is 17.3 Å². The Labute approximate surface area is 180 Å². The first-order valence-corrected chi connectivity index (χ1v) is 10.1. The normalized spacial score (nSPS) is 11.0. The van der Waals surface area contributed by atoms with Gasteiger partial charge in [-0.2, -0.15) is 0 Å². The molecule has 4 rings (SSSR count). The summed E-state index contributed by atoms with van der Waals surface area (Å²) < 4.78 is 24.7. The largest absolute Gasteiger partial charge is 0.467 e. The number of nitrogens with one attached hydrogen (secondary N) is 1. The van der Waals surface area contributed by atoms with Crippen LogP contribution in [0.5, 0.6) is 0 Å². The lowest BCUT2D eigenvalue weighted by molar-refractivity contribution is 0.0915. The minimum absolute atomic E-state index is 0.243. The molecule has 0 bridgehead atoms. The Morgan fingerprint density at radius 2 is 1.65 bits per heavy atom. The van der Waals surface area contributed by atoms with E-state index < -0.39 is 0 Å². The summed E-state index contributed by atoms with van der Waals surface area (Å²) in [4.78, 5) is 14.5. The zero-order valence-corrected chi connectivity index (χ0v) is 17.0. The van der Waals surface area contributed by atoms with E-state index in [9.17, 15) is 9.18 Å². The molecule has 0 spiro atoms. The number of rotatable bonds is 9. The summed E-state index contributed by atoms with van der Waals surface area (Å²) in [6, 6.07) is 23.7. The highest BCUT2D eigenvalue weighted by Gasteiger charge is 2.15. The third-order valence-corrected chi connectivity index (χ3v) is 4.81. The van der Waals surface area contributed by atoms with Crippen molar-refractivity contribution >= 4 is 5.91 Å². The molecule has 0 aliphatic carbocycles. The average Bonchev–Trinajstić information content (AvgIpc) is 3.45. The maximum absolute atomic E-state index is 13.6. The van der Waals surface area contributed by atoms with Gasteiger partial charge in [0, 0.05) is 13.1 Å². The second kappa shape index (κ2) is 9.91. The van der Waals surface area contributed by atoms with Crippen LogP contribution in [0.4, 0.5) is 4.39 Å². The van der Waals surface area contributed by atoms with Crippen molar-refractivity contribution in [1.29, 1.82) is 0 Å². The fourth-order valence-corrected chi connectivity index (χ4v) is 3.38. The summed E-state index contributed by atoms with van der Waals surface area (Å²) in [5.74, 6) is 1.01. The van der Waals surface area contributed by atoms with Gasteiger partial charge in [-0.3, -0.25) is 9.69 Å². The number of halogens is 1. The molecule has 2 heterocycles. The van der Waals surface area contributed by atoms with Crippen LogP contribution in [-0.4, -0.2) is 10.8 Å². The van der Waals surface area contributed by atoms with Gasteiger partial charge < -0.3 is 14.2 Å². The van der Waals surface area contributed by atoms with E-state index in [0.29, 0.717) is 37.7 Å². The van der Waals surface area contributed by atoms with Crippen LogP contribution in [0.3, 0.4) is 0 Å². The quantitative estimate of drug-likeness (QED) is 0.409. The molecule has 6 heteroatoms. The lowest BCUT2D eigenvalue weighted by atomic mass is 10.1. The van der Waals surface area contributed by atoms with Gasteiger partial charge in [0.25, 0.3) is 5.91 Å². The Hall–Kier alpha value is -3.64. The predicted molar refractivity (Wildman–Crippen MR) is 114 cm³/mol. The first-order chi connectivity index (χ1) is 15.2. The summed E-state index contributed by atoms with van der Waals surface area (Å²) in [7, 11) is 0. The second-order valence-corrected chi connectivity index (χ2v) is 7.29. The topological polar surface area (TPSA) is 58.6 Å². The van der Waals surface area contributed by atoms with Crippen LogP contribution in [0.2, 0.25) is 0 Å². The predicted octanol–water partition coefficient (Wildman–Crippen LogP) is 5.14. The third kappa shape index (κ3) is 5.93. The lowest BCUT2D eigenvalue weighted by Crippen LogP contribution is -2.23. The highest BCUT2D eigenvalue weighted by atomic mass is 19.1. The van der Waals surface area contributed by atoms with Gasteiger partial charge in [0.05, 0.1) is 19.4 Å². The molecule has 0 fully saturated rings. The fourth-order valence-electron chi connectivity index (χ4n) is 3.38. The highest BCUT2D eigenvalue weighted by Crippen LogP contribution is 2.17. The van der Waals surface area contributed by atoms with Gasteiger partial charge in [0.15, 0.2) is 5.76 Å². The van der Waals surface area contributed by atoms with Crippen molar-refractivity contribution in [3.63, 3.8) is 0 Å². The highest BCUT2D eigenvalue weighted by molar-refractivity contribution is 5.91. The third-order valence-electron chi connectivity index (χ3n) is 4.81. The molecule has 4 aromatic rings. The Morgan fingerprint density at radius 3 is 2.42 bits per heavy atom. The molecule has 0 atom stereocenters. The molecule has 2 aromatic heterocycles. The number of amides is 1. The molecular formula is C25H23FN2O3. The molecule has 0 aliphatic rings. The van der Waals surface area contributed by atoms with Crippen LogP contribution in [0.15, 0.2) is 94.0 Å². The van der Waals surface area contributed by atoms with Crippen molar-refractivity contribution in [3.8, 4) is 0 Å². The Balaban J connectivity index is 1.44. The number of hydrogen-bond donors (Lipinski definition) is 1. The van der Waals surface area contributed by atoms with Crippen molar-refractivity contribution in [3.05, 3.63) is 119 Å². The molecule has 2 aromatic carbocycles. The van der Waals surface area contributed by atoms with Crippen molar-refractivity contribution in [2.24, 2.45) is 0 Å². The van der Waals surface area contributed by atoms with E-state index in [1.807, 2.05) is 36.4 Å². The van der Waals surface area contributed by atoms with E-state index in [1.54, 1.807) is 36.6 Å². The Morgan fingerprint density at radius 1 is 0.839 bits per heavy atom. The molecule has 1 amide bonds. The van der Waals surface area contributed by atoms with Gasteiger partial charge in [-0.25, -0.2) is 4.39 Å². The van der Waals surface area contributed by atoms with Gasteiger partial charge in [0.2, 0.25) is 0 Å². The van der Waals surface area contributed by atoms with E-state index in [1.165, 1.54) is 12.1 Å². The first-order valence-electron chi connectivity index (χ1n) is 10.1. The molecule has 0 saturated carbocycles. The van der Waals surface area contributed by atoms with Crippen molar-refractivity contribution < 1.29 is 18.0 Å². The zero-order chi connectivity index (χ0) is 21.5. The van der Waals surface area contributed by atoms with Crippen LogP contribution < -0.4 is 5.32 Å². The maximum Gasteiger partial charge on any atom is 0.287 e. The minimum Gasteiger partial charge on any atom is -0.467 e. The molecule has 31 heavy (non-hydrogen) atoms. The summed E-state index contributed by atoms with van der Waals surface area (Å²) in [6.07, 6.45) is 1.56. The second-order valence-electron chi connectivity index (χ2n) is 7.29. The van der Waals surface area contributed by atoms with Gasteiger partial charge in [-0.1, -0.05) is 42.5 Å². The molecule has 5 nitrogen and oxygen atoms in total. The summed E-state index contributed by atoms with van der Waals surface area (Å²) in [5, 5.41) is 2.77.